The maximum absolute atomic E-state index is 10.4. The van der Waals surface area contributed by atoms with Crippen molar-refractivity contribution in [3.63, 3.8) is 0 Å². The molecule has 0 bridgehead atoms. The molecule has 90 valence electrons. The van der Waals surface area contributed by atoms with E-state index in [4.69, 9.17) is 5.26 Å². The molecule has 1 aromatic rings. The van der Waals surface area contributed by atoms with Gasteiger partial charge in [-0.3, -0.25) is 0 Å². The van der Waals surface area contributed by atoms with Crippen LogP contribution in [0.5, 0.6) is 0 Å². The predicted octanol–water partition coefficient (Wildman–Crippen LogP) is 3.51. The van der Waals surface area contributed by atoms with E-state index in [9.17, 15) is 4.91 Å². The van der Waals surface area contributed by atoms with E-state index in [2.05, 4.69) is 32.1 Å². The number of nitrogens with zero attached hydrogens (tertiary/aromatic N) is 3. The zero-order valence-corrected chi connectivity index (χ0v) is 11.6. The van der Waals surface area contributed by atoms with Gasteiger partial charge in [-0.15, -0.1) is 11.3 Å². The quantitative estimate of drug-likeness (QED) is 0.802. The minimum atomic E-state index is 0.193. The van der Waals surface area contributed by atoms with Crippen LogP contribution < -0.4 is 4.90 Å². The molecule has 17 heavy (non-hydrogen) atoms. The Morgan fingerprint density at radius 2 is 2.47 bits per heavy atom. The van der Waals surface area contributed by atoms with Crippen LogP contribution in [0.15, 0.2) is 15.7 Å². The molecule has 1 aliphatic rings. The summed E-state index contributed by atoms with van der Waals surface area (Å²) in [7, 11) is 0. The number of piperidine rings is 1. The van der Waals surface area contributed by atoms with Crippen molar-refractivity contribution in [1.29, 1.82) is 5.26 Å². The summed E-state index contributed by atoms with van der Waals surface area (Å²) in [6, 6.07) is 4.32. The molecule has 2 rings (SSSR count). The predicted molar refractivity (Wildman–Crippen MR) is 72.4 cm³/mol. The Bertz CT molecular complexity index is 454. The Labute approximate surface area is 112 Å². The average Bonchev–Trinajstić information content (AvgIpc) is 2.71. The highest BCUT2D eigenvalue weighted by atomic mass is 79.9. The fourth-order valence-corrected chi connectivity index (χ4v) is 3.79. The summed E-state index contributed by atoms with van der Waals surface area (Å²) < 4.78 is 0.836. The van der Waals surface area contributed by atoms with Crippen molar-refractivity contribution in [3.8, 4) is 6.07 Å². The smallest absolute Gasteiger partial charge is 0.121 e. The number of nitriles is 1. The summed E-state index contributed by atoms with van der Waals surface area (Å²) in [5.41, 5.74) is 0. The maximum Gasteiger partial charge on any atom is 0.121 e. The number of anilines is 1. The summed E-state index contributed by atoms with van der Waals surface area (Å²) >= 11 is 4.85. The van der Waals surface area contributed by atoms with Crippen LogP contribution in [0.2, 0.25) is 0 Å². The van der Waals surface area contributed by atoms with Gasteiger partial charge in [0.2, 0.25) is 0 Å². The SMILES string of the molecule is N#Cc1sc(N2CCCCC2CN=O)cc1Br. The van der Waals surface area contributed by atoms with Crippen LogP contribution in [-0.4, -0.2) is 19.1 Å². The van der Waals surface area contributed by atoms with Crippen LogP contribution in [0.25, 0.3) is 0 Å². The molecule has 1 fully saturated rings. The number of halogens is 1. The van der Waals surface area contributed by atoms with E-state index in [-0.39, 0.29) is 6.04 Å². The van der Waals surface area contributed by atoms with E-state index in [0.717, 1.165) is 35.3 Å². The zero-order valence-electron chi connectivity index (χ0n) is 9.23. The highest BCUT2D eigenvalue weighted by molar-refractivity contribution is 9.10. The average molecular weight is 314 g/mol. The highest BCUT2D eigenvalue weighted by Gasteiger charge is 2.24. The van der Waals surface area contributed by atoms with Crippen molar-refractivity contribution in [1.82, 2.24) is 0 Å². The minimum Gasteiger partial charge on any atom is -0.358 e. The highest BCUT2D eigenvalue weighted by Crippen LogP contribution is 2.36. The van der Waals surface area contributed by atoms with Gasteiger partial charge in [-0.05, 0) is 41.3 Å². The Balaban J connectivity index is 2.23. The van der Waals surface area contributed by atoms with Crippen molar-refractivity contribution in [2.45, 2.75) is 25.3 Å². The molecule has 0 aliphatic carbocycles. The lowest BCUT2D eigenvalue weighted by Gasteiger charge is -2.34. The van der Waals surface area contributed by atoms with Crippen LogP contribution >= 0.6 is 27.3 Å². The van der Waals surface area contributed by atoms with Crippen LogP contribution in [0, 0.1) is 16.2 Å². The van der Waals surface area contributed by atoms with Gasteiger partial charge in [0.05, 0.1) is 11.0 Å². The molecule has 4 nitrogen and oxygen atoms in total. The summed E-state index contributed by atoms with van der Waals surface area (Å²) in [5, 5.41) is 13.0. The minimum absolute atomic E-state index is 0.193. The maximum atomic E-state index is 10.4. The Morgan fingerprint density at radius 1 is 1.65 bits per heavy atom. The molecule has 0 radical (unpaired) electrons. The van der Waals surface area contributed by atoms with Gasteiger partial charge in [0.25, 0.3) is 0 Å². The van der Waals surface area contributed by atoms with Crippen molar-refractivity contribution in [2.24, 2.45) is 5.18 Å². The number of rotatable bonds is 3. The van der Waals surface area contributed by atoms with Gasteiger partial charge in [-0.1, -0.05) is 5.18 Å². The van der Waals surface area contributed by atoms with E-state index < -0.39 is 0 Å². The molecule has 0 N–H and O–H groups in total. The van der Waals surface area contributed by atoms with E-state index >= 15 is 0 Å². The second kappa shape index (κ2) is 5.61. The second-order valence-electron chi connectivity index (χ2n) is 4.03. The van der Waals surface area contributed by atoms with Gasteiger partial charge < -0.3 is 4.90 Å². The van der Waals surface area contributed by atoms with E-state index in [1.807, 2.05) is 6.07 Å². The van der Waals surface area contributed by atoms with Gasteiger partial charge in [0, 0.05) is 11.0 Å². The molecule has 0 spiro atoms. The summed E-state index contributed by atoms with van der Waals surface area (Å²) in [6.45, 7) is 1.27. The van der Waals surface area contributed by atoms with Crippen LogP contribution in [0.4, 0.5) is 5.00 Å². The molecule has 0 amide bonds. The standard InChI is InChI=1S/C11H12BrN3OS/c12-9-5-11(17-10(9)6-13)15-4-2-1-3-8(15)7-14-16/h5,8H,1-4,7H2. The van der Waals surface area contributed by atoms with Gasteiger partial charge in [-0.25, -0.2) is 0 Å². The Kier molecular flexibility index (Phi) is 4.13. The number of hydrogen-bond donors (Lipinski definition) is 0. The molecule has 2 heterocycles. The summed E-state index contributed by atoms with van der Waals surface area (Å²) in [4.78, 5) is 13.3. The molecule has 1 aromatic heterocycles. The molecule has 1 unspecified atom stereocenters. The fraction of sp³-hybridized carbons (Fsp3) is 0.545. The van der Waals surface area contributed by atoms with E-state index in [0.29, 0.717) is 11.4 Å². The first-order chi connectivity index (χ1) is 8.26. The van der Waals surface area contributed by atoms with E-state index in [1.54, 1.807) is 0 Å². The van der Waals surface area contributed by atoms with Crippen LogP contribution in [0.1, 0.15) is 24.1 Å². The lowest BCUT2D eigenvalue weighted by atomic mass is 10.0. The molecule has 0 aromatic carbocycles. The normalized spacial score (nSPS) is 20.0. The van der Waals surface area contributed by atoms with Gasteiger partial charge in [-0.2, -0.15) is 10.2 Å². The molecule has 1 atom stereocenters. The first-order valence-electron chi connectivity index (χ1n) is 5.51. The van der Waals surface area contributed by atoms with Crippen molar-refractivity contribution < 1.29 is 0 Å². The lowest BCUT2D eigenvalue weighted by molar-refractivity contribution is 0.467. The third-order valence-electron chi connectivity index (χ3n) is 2.97. The van der Waals surface area contributed by atoms with Crippen molar-refractivity contribution in [3.05, 3.63) is 20.3 Å². The van der Waals surface area contributed by atoms with Crippen LogP contribution in [-0.2, 0) is 0 Å². The molecular formula is C11H12BrN3OS. The first-order valence-corrected chi connectivity index (χ1v) is 7.12. The van der Waals surface area contributed by atoms with Gasteiger partial charge >= 0.3 is 0 Å². The van der Waals surface area contributed by atoms with Gasteiger partial charge in [0.1, 0.15) is 17.5 Å². The molecule has 1 saturated heterocycles. The monoisotopic (exact) mass is 313 g/mol. The first kappa shape index (κ1) is 12.5. The third kappa shape index (κ3) is 2.67. The largest absolute Gasteiger partial charge is 0.358 e. The fourth-order valence-electron chi connectivity index (χ4n) is 2.14. The second-order valence-corrected chi connectivity index (χ2v) is 5.91. The van der Waals surface area contributed by atoms with Crippen LogP contribution in [0.3, 0.4) is 0 Å². The number of hydrogen-bond acceptors (Lipinski definition) is 5. The van der Waals surface area contributed by atoms with E-state index in [1.165, 1.54) is 11.3 Å². The van der Waals surface area contributed by atoms with Crippen molar-refractivity contribution in [2.75, 3.05) is 18.0 Å². The number of thiophene rings is 1. The summed E-state index contributed by atoms with van der Waals surface area (Å²) in [6.07, 6.45) is 3.28. The summed E-state index contributed by atoms with van der Waals surface area (Å²) in [5.74, 6) is 0. The molecular weight excluding hydrogens is 302 g/mol. The van der Waals surface area contributed by atoms with Gasteiger partial charge in [0.15, 0.2) is 0 Å². The zero-order chi connectivity index (χ0) is 12.3. The Hall–Kier alpha value is -0.930. The molecule has 1 aliphatic heterocycles. The molecule has 6 heteroatoms. The molecule has 0 saturated carbocycles. The Morgan fingerprint density at radius 3 is 3.12 bits per heavy atom. The lowest BCUT2D eigenvalue weighted by Crippen LogP contribution is -2.40. The topological polar surface area (TPSA) is 56.5 Å². The third-order valence-corrected chi connectivity index (χ3v) is 4.94. The van der Waals surface area contributed by atoms with Crippen molar-refractivity contribution >= 4 is 32.3 Å². The number of nitroso groups, excluding NO2 is 1.